The lowest BCUT2D eigenvalue weighted by molar-refractivity contribution is 0.0697. The van der Waals surface area contributed by atoms with Crippen LogP contribution in [0.5, 0.6) is 0 Å². The van der Waals surface area contributed by atoms with E-state index in [0.29, 0.717) is 23.6 Å². The van der Waals surface area contributed by atoms with Crippen LogP contribution in [0.4, 0.5) is 28.4 Å². The van der Waals surface area contributed by atoms with Gasteiger partial charge in [0.1, 0.15) is 0 Å². The van der Waals surface area contributed by atoms with Gasteiger partial charge in [0, 0.05) is 19.3 Å². The summed E-state index contributed by atoms with van der Waals surface area (Å²) in [5.41, 5.74) is 3.82. The Hall–Kier alpha value is -3.91. The molecule has 2 N–H and O–H groups in total. The van der Waals surface area contributed by atoms with Crippen LogP contribution < -0.4 is 4.90 Å². The van der Waals surface area contributed by atoms with Gasteiger partial charge in [-0.15, -0.1) is 0 Å². The molecule has 0 saturated heterocycles. The summed E-state index contributed by atoms with van der Waals surface area (Å²) in [4.78, 5) is 12.8. The summed E-state index contributed by atoms with van der Waals surface area (Å²) in [7, 11) is 1.91. The molecule has 8 nitrogen and oxygen atoms in total. The number of hydrogen-bond acceptors (Lipinski definition) is 7. The summed E-state index contributed by atoms with van der Waals surface area (Å²) in [5.74, 6) is -0.979. The van der Waals surface area contributed by atoms with Crippen molar-refractivity contribution in [2.75, 3.05) is 25.1 Å². The molecule has 0 fully saturated rings. The summed E-state index contributed by atoms with van der Waals surface area (Å²) >= 11 is 0. The molecule has 0 aromatic heterocycles. The van der Waals surface area contributed by atoms with Gasteiger partial charge < -0.3 is 15.1 Å². The molecular weight excluding hydrogens is 382 g/mol. The standard InChI is InChI=1S/C22H21N5O3/c1-27(14-15-28)21-12-10-20(11-13-21)26-25-19-8-6-18(7-9-19)24-23-17-4-2-16(3-5-17)22(29)30/h2-13,28H,14-15H2,1H3,(H,29,30). The fraction of sp³-hybridized carbons (Fsp3) is 0.136. The minimum atomic E-state index is -0.979. The molecule has 0 unspecified atom stereocenters. The minimum Gasteiger partial charge on any atom is -0.478 e. The zero-order valence-corrected chi connectivity index (χ0v) is 16.4. The van der Waals surface area contributed by atoms with Gasteiger partial charge in [0.2, 0.25) is 0 Å². The van der Waals surface area contributed by atoms with E-state index in [-0.39, 0.29) is 12.2 Å². The number of hydrogen-bond donors (Lipinski definition) is 2. The number of likely N-dealkylation sites (N-methyl/N-ethyl adjacent to an activating group) is 1. The van der Waals surface area contributed by atoms with Gasteiger partial charge in [-0.25, -0.2) is 4.79 Å². The van der Waals surface area contributed by atoms with Crippen molar-refractivity contribution in [2.45, 2.75) is 0 Å². The van der Waals surface area contributed by atoms with Crippen molar-refractivity contribution in [3.63, 3.8) is 0 Å². The number of aliphatic hydroxyl groups is 1. The number of carboxylic acid groups (broad SMARTS) is 1. The Morgan fingerprint density at radius 3 is 1.47 bits per heavy atom. The SMILES string of the molecule is CN(CCO)c1ccc(N=Nc2ccc(N=Nc3ccc(C(=O)O)cc3)cc2)cc1. The molecule has 0 heterocycles. The summed E-state index contributed by atoms with van der Waals surface area (Å²) in [6, 6.07) is 20.9. The molecule has 0 amide bonds. The molecule has 30 heavy (non-hydrogen) atoms. The highest BCUT2D eigenvalue weighted by Gasteiger charge is 2.01. The van der Waals surface area contributed by atoms with E-state index in [2.05, 4.69) is 20.5 Å². The molecule has 0 saturated carbocycles. The lowest BCUT2D eigenvalue weighted by Gasteiger charge is -2.17. The van der Waals surface area contributed by atoms with Crippen molar-refractivity contribution >= 4 is 34.4 Å². The average molecular weight is 403 g/mol. The largest absolute Gasteiger partial charge is 0.478 e. The second-order valence-electron chi connectivity index (χ2n) is 6.43. The second-order valence-corrected chi connectivity index (χ2v) is 6.43. The number of nitrogens with zero attached hydrogens (tertiary/aromatic N) is 5. The number of azo groups is 2. The topological polar surface area (TPSA) is 110 Å². The molecule has 3 aromatic carbocycles. The van der Waals surface area contributed by atoms with Crippen LogP contribution in [0, 0.1) is 0 Å². The molecule has 0 aliphatic carbocycles. The highest BCUT2D eigenvalue weighted by Crippen LogP contribution is 2.24. The van der Waals surface area contributed by atoms with E-state index >= 15 is 0 Å². The molecule has 3 aromatic rings. The maximum atomic E-state index is 10.9. The van der Waals surface area contributed by atoms with Gasteiger partial charge in [0.25, 0.3) is 0 Å². The number of aliphatic hydroxyl groups excluding tert-OH is 1. The van der Waals surface area contributed by atoms with Crippen LogP contribution >= 0.6 is 0 Å². The number of benzene rings is 3. The minimum absolute atomic E-state index is 0.102. The number of carbonyl (C=O) groups is 1. The monoisotopic (exact) mass is 403 g/mol. The van der Waals surface area contributed by atoms with Gasteiger partial charge in [-0.1, -0.05) is 0 Å². The number of aromatic carboxylic acids is 1. The van der Waals surface area contributed by atoms with E-state index in [1.54, 1.807) is 36.4 Å². The fourth-order valence-corrected chi connectivity index (χ4v) is 2.54. The smallest absolute Gasteiger partial charge is 0.335 e. The van der Waals surface area contributed by atoms with Gasteiger partial charge in [-0.2, -0.15) is 20.5 Å². The highest BCUT2D eigenvalue weighted by molar-refractivity contribution is 5.87. The second kappa shape index (κ2) is 10.0. The third-order valence-electron chi connectivity index (χ3n) is 4.25. The molecule has 0 spiro atoms. The Balaban J connectivity index is 1.60. The van der Waals surface area contributed by atoms with Gasteiger partial charge in [-0.3, -0.25) is 0 Å². The summed E-state index contributed by atoms with van der Waals surface area (Å²) in [6.07, 6.45) is 0. The van der Waals surface area contributed by atoms with E-state index in [0.717, 1.165) is 11.4 Å². The third kappa shape index (κ3) is 5.79. The predicted molar refractivity (Wildman–Crippen MR) is 115 cm³/mol. The Bertz CT molecular complexity index is 1030. The van der Waals surface area contributed by atoms with Crippen molar-refractivity contribution in [1.82, 2.24) is 0 Å². The third-order valence-corrected chi connectivity index (χ3v) is 4.25. The maximum Gasteiger partial charge on any atom is 0.335 e. The summed E-state index contributed by atoms with van der Waals surface area (Å²) in [6.45, 7) is 0.669. The molecule has 0 atom stereocenters. The van der Waals surface area contributed by atoms with Crippen LogP contribution in [0.3, 0.4) is 0 Å². The first-order valence-electron chi connectivity index (χ1n) is 9.24. The molecule has 0 aliphatic rings. The van der Waals surface area contributed by atoms with E-state index in [9.17, 15) is 4.79 Å². The van der Waals surface area contributed by atoms with E-state index in [1.807, 2.05) is 36.2 Å². The molecule has 0 radical (unpaired) electrons. The van der Waals surface area contributed by atoms with Crippen molar-refractivity contribution in [3.8, 4) is 0 Å². The Morgan fingerprint density at radius 1 is 0.733 bits per heavy atom. The number of rotatable bonds is 8. The van der Waals surface area contributed by atoms with Gasteiger partial charge in [0.05, 0.1) is 34.9 Å². The van der Waals surface area contributed by atoms with Crippen molar-refractivity contribution in [3.05, 3.63) is 78.4 Å². The average Bonchev–Trinajstić information content (AvgIpc) is 2.78. The van der Waals surface area contributed by atoms with Crippen molar-refractivity contribution in [1.29, 1.82) is 0 Å². The summed E-state index contributed by atoms with van der Waals surface area (Å²) < 4.78 is 0. The molecule has 8 heteroatoms. The number of anilines is 1. The van der Waals surface area contributed by atoms with Gasteiger partial charge in [-0.05, 0) is 72.8 Å². The van der Waals surface area contributed by atoms with Crippen LogP contribution in [0.25, 0.3) is 0 Å². The normalized spacial score (nSPS) is 11.3. The Labute approximate surface area is 173 Å². The van der Waals surface area contributed by atoms with Gasteiger partial charge >= 0.3 is 5.97 Å². The first-order chi connectivity index (χ1) is 14.5. The van der Waals surface area contributed by atoms with Crippen molar-refractivity contribution < 1.29 is 15.0 Å². The van der Waals surface area contributed by atoms with Crippen LogP contribution in [0.1, 0.15) is 10.4 Å². The van der Waals surface area contributed by atoms with Crippen LogP contribution in [-0.2, 0) is 0 Å². The quantitative estimate of drug-likeness (QED) is 0.474. The molecule has 0 aliphatic heterocycles. The highest BCUT2D eigenvalue weighted by atomic mass is 16.4. The lowest BCUT2D eigenvalue weighted by atomic mass is 10.2. The Morgan fingerprint density at radius 2 is 1.10 bits per heavy atom. The maximum absolute atomic E-state index is 10.9. The first kappa shape index (κ1) is 20.8. The lowest BCUT2D eigenvalue weighted by Crippen LogP contribution is -2.20. The summed E-state index contributed by atoms with van der Waals surface area (Å²) in [5, 5.41) is 34.6. The molecule has 0 bridgehead atoms. The first-order valence-corrected chi connectivity index (χ1v) is 9.24. The molecule has 3 rings (SSSR count). The molecular formula is C22H21N5O3. The van der Waals surface area contributed by atoms with Crippen molar-refractivity contribution in [2.24, 2.45) is 20.5 Å². The van der Waals surface area contributed by atoms with Crippen LogP contribution in [0.15, 0.2) is 93.3 Å². The van der Waals surface area contributed by atoms with E-state index in [1.165, 1.54) is 12.1 Å². The van der Waals surface area contributed by atoms with E-state index < -0.39 is 5.97 Å². The molecule has 152 valence electrons. The van der Waals surface area contributed by atoms with E-state index in [4.69, 9.17) is 10.2 Å². The van der Waals surface area contributed by atoms with Crippen LogP contribution in [-0.4, -0.2) is 36.4 Å². The zero-order valence-electron chi connectivity index (χ0n) is 16.4. The predicted octanol–water partition coefficient (Wildman–Crippen LogP) is 5.64. The fourth-order valence-electron chi connectivity index (χ4n) is 2.54. The Kier molecular flexibility index (Phi) is 6.96. The number of carboxylic acids is 1. The van der Waals surface area contributed by atoms with Crippen LogP contribution in [0.2, 0.25) is 0 Å². The zero-order chi connectivity index (χ0) is 21.3. The van der Waals surface area contributed by atoms with Gasteiger partial charge in [0.15, 0.2) is 0 Å².